The van der Waals surface area contributed by atoms with E-state index in [1.54, 1.807) is 20.0 Å². The van der Waals surface area contributed by atoms with Crippen LogP contribution in [0.2, 0.25) is 0 Å². The minimum absolute atomic E-state index is 0.0147. The van der Waals surface area contributed by atoms with Crippen molar-refractivity contribution in [1.82, 2.24) is 10.6 Å². The lowest BCUT2D eigenvalue weighted by Gasteiger charge is -2.37. The Bertz CT molecular complexity index is 1160. The van der Waals surface area contributed by atoms with Crippen LogP contribution < -0.4 is 21.1 Å². The molecule has 7 N–H and O–H groups in total. The van der Waals surface area contributed by atoms with Crippen molar-refractivity contribution >= 4 is 11.9 Å². The predicted octanol–water partition coefficient (Wildman–Crippen LogP) is 2.23. The Morgan fingerprint density at radius 1 is 1.31 bits per heavy atom. The average Bonchev–Trinajstić information content (AvgIpc) is 2.95. The molecule has 4 bridgehead atoms. The van der Waals surface area contributed by atoms with E-state index in [4.69, 9.17) is 15.2 Å². The zero-order chi connectivity index (χ0) is 30.3. The van der Waals surface area contributed by atoms with Gasteiger partial charge in [-0.15, -0.1) is 0 Å². The third kappa shape index (κ3) is 8.30. The van der Waals surface area contributed by atoms with Gasteiger partial charge in [0.05, 0.1) is 17.6 Å². The number of nitrogens with two attached hydrogens (primary N) is 1. The van der Waals surface area contributed by atoms with Crippen molar-refractivity contribution in [2.45, 2.75) is 102 Å². The fraction of sp³-hybridized carbons (Fsp3) is 0.688. The van der Waals surface area contributed by atoms with Crippen molar-refractivity contribution in [2.75, 3.05) is 20.1 Å². The highest BCUT2D eigenvalue weighted by molar-refractivity contribution is 5.77. The van der Waals surface area contributed by atoms with Crippen LogP contribution in [0.3, 0.4) is 0 Å². The molecule has 0 amide bonds. The number of guanidine groups is 1. The van der Waals surface area contributed by atoms with E-state index in [2.05, 4.69) is 27.5 Å². The van der Waals surface area contributed by atoms with Crippen LogP contribution in [0.4, 0.5) is 0 Å². The highest BCUT2D eigenvalue weighted by Gasteiger charge is 2.39. The second-order valence-electron chi connectivity index (χ2n) is 12.3. The van der Waals surface area contributed by atoms with E-state index < -0.39 is 29.7 Å². The second-order valence-corrected chi connectivity index (χ2v) is 12.3. The summed E-state index contributed by atoms with van der Waals surface area (Å²) in [6.07, 6.45) is 3.78. The summed E-state index contributed by atoms with van der Waals surface area (Å²) in [6.45, 7) is 4.25. The lowest BCUT2D eigenvalue weighted by Crippen LogP contribution is -2.47. The summed E-state index contributed by atoms with van der Waals surface area (Å²) in [5.74, 6) is 7.01. The molecule has 10 heteroatoms. The Labute approximate surface area is 249 Å². The number of piperidine rings is 1. The van der Waals surface area contributed by atoms with E-state index in [0.717, 1.165) is 44.2 Å². The van der Waals surface area contributed by atoms with Crippen molar-refractivity contribution < 1.29 is 29.6 Å². The number of esters is 1. The number of nitrogens with one attached hydrogen (secondary N) is 2. The first-order valence-corrected chi connectivity index (χ1v) is 15.3. The molecule has 1 aliphatic carbocycles. The largest absolute Gasteiger partial charge is 0.504 e. The zero-order valence-corrected chi connectivity index (χ0v) is 25.1. The molecule has 1 fully saturated rings. The third-order valence-corrected chi connectivity index (χ3v) is 9.18. The minimum atomic E-state index is -0.867. The maximum absolute atomic E-state index is 12.3. The number of rotatable bonds is 4. The quantitative estimate of drug-likeness (QED) is 0.135. The number of carbonyl (C=O) groups is 1. The monoisotopic (exact) mass is 584 g/mol. The molecule has 3 aliphatic rings. The molecule has 1 aromatic rings. The van der Waals surface area contributed by atoms with Crippen LogP contribution in [0, 0.1) is 29.1 Å². The van der Waals surface area contributed by atoms with E-state index in [1.807, 2.05) is 12.1 Å². The first-order chi connectivity index (χ1) is 20.1. The number of hydrogen-bond acceptors (Lipinski definition) is 8. The molecule has 1 saturated heterocycles. The van der Waals surface area contributed by atoms with Gasteiger partial charge >= 0.3 is 5.97 Å². The molecule has 2 aliphatic heterocycles. The minimum Gasteiger partial charge on any atom is -0.504 e. The maximum Gasteiger partial charge on any atom is 0.302 e. The smallest absolute Gasteiger partial charge is 0.302 e. The SMILES string of the molecule is CN=C(N)NC[C@]1([C@H](C)O)C#C[C@H]2CCC[C@H]3C[C@H](CCN3)Oc3cc(ccc3O)C[C@H]2[C@@H](OC(C)=O)C[C@@H](O)CC1. The number of hydrogen-bond donors (Lipinski definition) is 6. The van der Waals surface area contributed by atoms with Gasteiger partial charge in [0.15, 0.2) is 17.5 Å². The third-order valence-electron chi connectivity index (χ3n) is 9.18. The van der Waals surface area contributed by atoms with Crippen LogP contribution in [0.5, 0.6) is 11.5 Å². The first-order valence-electron chi connectivity index (χ1n) is 15.3. The topological polar surface area (TPSA) is 159 Å². The number of ether oxygens (including phenoxy) is 2. The van der Waals surface area contributed by atoms with Crippen LogP contribution in [-0.4, -0.2) is 77.8 Å². The van der Waals surface area contributed by atoms with Gasteiger partial charge in [0.25, 0.3) is 0 Å². The van der Waals surface area contributed by atoms with Crippen molar-refractivity contribution in [1.29, 1.82) is 0 Å². The molecule has 1 aromatic carbocycles. The summed E-state index contributed by atoms with van der Waals surface area (Å²) >= 11 is 0. The van der Waals surface area contributed by atoms with Gasteiger partial charge in [-0.2, -0.15) is 0 Å². The van der Waals surface area contributed by atoms with Gasteiger partial charge in [-0.3, -0.25) is 9.79 Å². The molecular formula is C32H48N4O6. The van der Waals surface area contributed by atoms with Gasteiger partial charge in [0, 0.05) is 44.8 Å². The number of nitrogens with zero attached hydrogens (tertiary/aromatic N) is 1. The second kappa shape index (κ2) is 14.5. The molecule has 4 rings (SSSR count). The molecule has 10 nitrogen and oxygen atoms in total. The molecular weight excluding hydrogens is 536 g/mol. The molecule has 0 spiro atoms. The summed E-state index contributed by atoms with van der Waals surface area (Å²) in [5, 5.41) is 39.6. The van der Waals surface area contributed by atoms with Gasteiger partial charge in [0.2, 0.25) is 0 Å². The molecule has 0 aromatic heterocycles. The number of benzene rings is 1. The van der Waals surface area contributed by atoms with Crippen LogP contribution in [0.15, 0.2) is 23.2 Å². The van der Waals surface area contributed by atoms with Gasteiger partial charge in [-0.1, -0.05) is 24.3 Å². The normalized spacial score (nSPS) is 33.0. The Morgan fingerprint density at radius 2 is 2.12 bits per heavy atom. The van der Waals surface area contributed by atoms with Crippen LogP contribution in [0.1, 0.15) is 70.8 Å². The Kier molecular flexibility index (Phi) is 11.0. The van der Waals surface area contributed by atoms with Crippen LogP contribution in [0.25, 0.3) is 0 Å². The highest BCUT2D eigenvalue weighted by atomic mass is 16.5. The van der Waals surface area contributed by atoms with Crippen molar-refractivity contribution in [2.24, 2.45) is 28.0 Å². The van der Waals surface area contributed by atoms with E-state index >= 15 is 0 Å². The van der Waals surface area contributed by atoms with Crippen LogP contribution in [-0.2, 0) is 16.0 Å². The van der Waals surface area contributed by atoms with Crippen molar-refractivity contribution in [3.8, 4) is 23.3 Å². The number of carbonyl (C=O) groups excluding carboxylic acids is 1. The van der Waals surface area contributed by atoms with Crippen molar-refractivity contribution in [3.05, 3.63) is 23.8 Å². The van der Waals surface area contributed by atoms with E-state index in [-0.39, 0.29) is 48.7 Å². The summed E-state index contributed by atoms with van der Waals surface area (Å²) in [4.78, 5) is 16.3. The van der Waals surface area contributed by atoms with Gasteiger partial charge in [-0.05, 0) is 76.1 Å². The van der Waals surface area contributed by atoms with Crippen molar-refractivity contribution in [3.63, 3.8) is 0 Å². The fourth-order valence-electron chi connectivity index (χ4n) is 6.59. The van der Waals surface area contributed by atoms with E-state index in [9.17, 15) is 20.1 Å². The summed E-state index contributed by atoms with van der Waals surface area (Å²) in [6, 6.07) is 5.69. The average molecular weight is 585 g/mol. The summed E-state index contributed by atoms with van der Waals surface area (Å²) in [7, 11) is 1.59. The Hall–Kier alpha value is -3.00. The molecule has 0 unspecified atom stereocenters. The van der Waals surface area contributed by atoms with Crippen LogP contribution >= 0.6 is 0 Å². The lowest BCUT2D eigenvalue weighted by molar-refractivity contribution is -0.152. The zero-order valence-electron chi connectivity index (χ0n) is 25.1. The Balaban J connectivity index is 1.80. The maximum atomic E-state index is 12.3. The number of aliphatic hydroxyl groups is 2. The predicted molar refractivity (Wildman–Crippen MR) is 161 cm³/mol. The highest BCUT2D eigenvalue weighted by Crippen LogP contribution is 2.38. The standard InChI is InChI=1S/C32H48N4O6/c1-20(37)32(19-36-31(33)34-3)12-9-23-5-4-6-24-17-26(11-14-35-24)42-30-16-22(7-8-28(30)40)15-27(23)29(41-21(2)38)18-25(39)10-13-32/h7-8,16,20,23-27,29,35,37,39-40H,4-6,10-11,13-15,17-19H2,1-3H3,(H3,33,34,36)/t20-,23+,24-,25-,26-,27+,29-,32-/m0/s1. The summed E-state index contributed by atoms with van der Waals surface area (Å²) in [5.41, 5.74) is 6.01. The van der Waals surface area contributed by atoms with Gasteiger partial charge in [0.1, 0.15) is 12.2 Å². The number of fused-ring (bicyclic) bond motifs is 5. The Morgan fingerprint density at radius 3 is 2.86 bits per heavy atom. The first kappa shape index (κ1) is 31.9. The van der Waals surface area contributed by atoms with Gasteiger partial charge < -0.3 is 41.2 Å². The molecule has 0 radical (unpaired) electrons. The fourth-order valence-corrected chi connectivity index (χ4v) is 6.59. The number of phenolic OH excluding ortho intramolecular Hbond substituents is 1. The van der Waals surface area contributed by atoms with E-state index in [0.29, 0.717) is 25.0 Å². The van der Waals surface area contributed by atoms with Gasteiger partial charge in [-0.25, -0.2) is 0 Å². The molecule has 8 atom stereocenters. The summed E-state index contributed by atoms with van der Waals surface area (Å²) < 4.78 is 12.2. The number of aliphatic hydroxyl groups excluding tert-OH is 2. The number of phenols is 1. The lowest BCUT2D eigenvalue weighted by atomic mass is 9.73. The molecule has 2 heterocycles. The number of aromatic hydroxyl groups is 1. The molecule has 0 saturated carbocycles. The number of aliphatic imine (C=N–C) groups is 1. The molecule has 42 heavy (non-hydrogen) atoms. The molecule has 232 valence electrons. The van der Waals surface area contributed by atoms with E-state index in [1.165, 1.54) is 6.92 Å².